The van der Waals surface area contributed by atoms with E-state index in [0.717, 1.165) is 36.1 Å². The summed E-state index contributed by atoms with van der Waals surface area (Å²) >= 11 is 12.4. The number of nitrogens with zero attached hydrogens (tertiary/aromatic N) is 2. The van der Waals surface area contributed by atoms with E-state index >= 15 is 0 Å². The summed E-state index contributed by atoms with van der Waals surface area (Å²) in [6.45, 7) is 0.615. The van der Waals surface area contributed by atoms with E-state index in [4.69, 9.17) is 32.7 Å². The average Bonchev–Trinajstić information content (AvgIpc) is 2.80. The first-order valence-corrected chi connectivity index (χ1v) is 11.5. The zero-order valence-electron chi connectivity index (χ0n) is 17.9. The monoisotopic (exact) mass is 474 g/mol. The Balaban J connectivity index is 1.63. The summed E-state index contributed by atoms with van der Waals surface area (Å²) in [4.78, 5) is 31.0. The minimum absolute atomic E-state index is 0.00657. The smallest absolute Gasteiger partial charge is 0.256 e. The number of piperazine rings is 1. The Labute approximate surface area is 197 Å². The van der Waals surface area contributed by atoms with Crippen LogP contribution in [0.3, 0.4) is 0 Å². The number of halogens is 2. The molecule has 2 aromatic carbocycles. The van der Waals surface area contributed by atoms with Gasteiger partial charge in [-0.05, 0) is 55.5 Å². The van der Waals surface area contributed by atoms with Crippen molar-refractivity contribution in [3.63, 3.8) is 0 Å². The molecular weight excluding hydrogens is 451 g/mol. The van der Waals surface area contributed by atoms with Crippen molar-refractivity contribution in [2.24, 2.45) is 0 Å². The number of methoxy groups -OCH3 is 2. The Bertz CT molecular complexity index is 1090. The zero-order valence-corrected chi connectivity index (χ0v) is 19.4. The molecule has 3 aliphatic heterocycles. The normalized spacial score (nSPS) is 24.0. The van der Waals surface area contributed by atoms with Crippen molar-refractivity contribution in [1.29, 1.82) is 0 Å². The zero-order chi connectivity index (χ0) is 22.6. The number of carbonyl (C=O) groups excluding carboxylic acids is 2. The van der Waals surface area contributed by atoms with Crippen LogP contribution in [0.25, 0.3) is 0 Å². The summed E-state index contributed by atoms with van der Waals surface area (Å²) in [5.74, 6) is 1.17. The largest absolute Gasteiger partial charge is 0.497 e. The fraction of sp³-hybridized carbons (Fsp3) is 0.417. The molecule has 3 heterocycles. The van der Waals surface area contributed by atoms with E-state index in [1.54, 1.807) is 37.3 Å². The van der Waals surface area contributed by atoms with Crippen LogP contribution in [-0.2, 0) is 11.2 Å². The van der Waals surface area contributed by atoms with Gasteiger partial charge < -0.3 is 19.3 Å². The first-order chi connectivity index (χ1) is 15.4. The van der Waals surface area contributed by atoms with E-state index in [-0.39, 0.29) is 23.9 Å². The lowest BCUT2D eigenvalue weighted by atomic mass is 9.78. The number of piperidine rings is 1. The van der Waals surface area contributed by atoms with Gasteiger partial charge in [-0.3, -0.25) is 9.59 Å². The molecule has 0 aliphatic carbocycles. The number of hydrogen-bond donors (Lipinski definition) is 0. The topological polar surface area (TPSA) is 59.1 Å². The van der Waals surface area contributed by atoms with Crippen molar-refractivity contribution in [2.45, 2.75) is 43.8 Å². The maximum absolute atomic E-state index is 13.7. The van der Waals surface area contributed by atoms with E-state index in [9.17, 15) is 9.59 Å². The third-order valence-corrected chi connectivity index (χ3v) is 7.46. The van der Waals surface area contributed by atoms with Crippen LogP contribution in [0.4, 0.5) is 0 Å². The van der Waals surface area contributed by atoms with Gasteiger partial charge in [0.25, 0.3) is 5.91 Å². The predicted molar refractivity (Wildman–Crippen MR) is 122 cm³/mol. The minimum atomic E-state index is -0.477. The summed E-state index contributed by atoms with van der Waals surface area (Å²) in [5, 5.41) is 0.759. The van der Waals surface area contributed by atoms with Gasteiger partial charge in [0.2, 0.25) is 5.91 Å². The third kappa shape index (κ3) is 3.23. The highest BCUT2D eigenvalue weighted by Crippen LogP contribution is 2.48. The van der Waals surface area contributed by atoms with E-state index in [0.29, 0.717) is 34.3 Å². The van der Waals surface area contributed by atoms with Gasteiger partial charge in [-0.15, -0.1) is 0 Å². The lowest BCUT2D eigenvalue weighted by Crippen LogP contribution is -2.67. The van der Waals surface area contributed by atoms with Gasteiger partial charge in [0.15, 0.2) is 0 Å². The van der Waals surface area contributed by atoms with Crippen molar-refractivity contribution in [3.05, 3.63) is 57.1 Å². The lowest BCUT2D eigenvalue weighted by Gasteiger charge is -2.55. The van der Waals surface area contributed by atoms with Crippen LogP contribution in [-0.4, -0.2) is 54.5 Å². The fourth-order valence-electron chi connectivity index (χ4n) is 5.54. The molecule has 2 fully saturated rings. The number of amides is 2. The molecule has 0 spiro atoms. The number of fused-ring (bicyclic) bond motifs is 6. The lowest BCUT2D eigenvalue weighted by molar-refractivity contribution is -0.153. The molecule has 6 nitrogen and oxygen atoms in total. The molecule has 2 saturated heterocycles. The number of benzene rings is 2. The summed E-state index contributed by atoms with van der Waals surface area (Å²) < 4.78 is 11.2. The predicted octanol–water partition coefficient (Wildman–Crippen LogP) is 4.51. The second-order valence-corrected chi connectivity index (χ2v) is 9.32. The van der Waals surface area contributed by atoms with Crippen LogP contribution in [0.2, 0.25) is 10.0 Å². The summed E-state index contributed by atoms with van der Waals surface area (Å²) in [5.41, 5.74) is 2.43. The van der Waals surface area contributed by atoms with Gasteiger partial charge in [-0.25, -0.2) is 0 Å². The molecule has 168 valence electrons. The maximum atomic E-state index is 13.7. The second kappa shape index (κ2) is 8.16. The molecular formula is C24H24Cl2N2O4. The number of rotatable bonds is 3. The first kappa shape index (κ1) is 21.4. The van der Waals surface area contributed by atoms with Crippen LogP contribution in [0, 0.1) is 0 Å². The summed E-state index contributed by atoms with van der Waals surface area (Å²) in [7, 11) is 3.25. The van der Waals surface area contributed by atoms with Gasteiger partial charge in [0.1, 0.15) is 17.5 Å². The molecule has 8 heteroatoms. The highest BCUT2D eigenvalue weighted by atomic mass is 35.5. The van der Waals surface area contributed by atoms with E-state index < -0.39 is 6.04 Å². The molecule has 3 unspecified atom stereocenters. The van der Waals surface area contributed by atoms with Crippen molar-refractivity contribution in [1.82, 2.24) is 9.80 Å². The van der Waals surface area contributed by atoms with Crippen molar-refractivity contribution >= 4 is 35.0 Å². The van der Waals surface area contributed by atoms with Crippen molar-refractivity contribution in [3.8, 4) is 11.5 Å². The highest BCUT2D eigenvalue weighted by molar-refractivity contribution is 6.36. The second-order valence-electron chi connectivity index (χ2n) is 8.48. The molecule has 3 aliphatic rings. The molecule has 2 bridgehead atoms. The van der Waals surface area contributed by atoms with Crippen LogP contribution in [0.15, 0.2) is 30.3 Å². The fourth-order valence-corrected chi connectivity index (χ4v) is 6.03. The molecule has 0 radical (unpaired) electrons. The molecule has 5 rings (SSSR count). The average molecular weight is 475 g/mol. The Hall–Kier alpha value is -2.44. The first-order valence-electron chi connectivity index (χ1n) is 10.8. The van der Waals surface area contributed by atoms with Gasteiger partial charge in [0.05, 0.1) is 36.9 Å². The maximum Gasteiger partial charge on any atom is 0.256 e. The van der Waals surface area contributed by atoms with E-state index in [2.05, 4.69) is 0 Å². The molecule has 0 aromatic heterocycles. The number of ether oxygens (including phenoxy) is 2. The molecule has 3 atom stereocenters. The highest BCUT2D eigenvalue weighted by Gasteiger charge is 2.53. The van der Waals surface area contributed by atoms with Gasteiger partial charge in [-0.2, -0.15) is 0 Å². The van der Waals surface area contributed by atoms with Gasteiger partial charge in [0, 0.05) is 23.2 Å². The number of hydrogen-bond acceptors (Lipinski definition) is 4. The summed E-state index contributed by atoms with van der Waals surface area (Å²) in [6, 6.07) is 7.82. The SMILES string of the molecule is COc1cc2c(c(OC)c1)C1C3CCCC(C(=O)N1CC2)N3C(=O)c1ccc(Cl)cc1Cl. The molecule has 0 saturated carbocycles. The van der Waals surface area contributed by atoms with Crippen LogP contribution < -0.4 is 9.47 Å². The van der Waals surface area contributed by atoms with Crippen molar-refractivity contribution in [2.75, 3.05) is 20.8 Å². The Morgan fingerprint density at radius 2 is 1.91 bits per heavy atom. The van der Waals surface area contributed by atoms with Crippen LogP contribution >= 0.6 is 23.2 Å². The summed E-state index contributed by atoms with van der Waals surface area (Å²) in [6.07, 6.45) is 3.07. The molecule has 2 amide bonds. The molecule has 32 heavy (non-hydrogen) atoms. The molecule has 0 N–H and O–H groups in total. The Morgan fingerprint density at radius 3 is 2.62 bits per heavy atom. The van der Waals surface area contributed by atoms with Gasteiger partial charge >= 0.3 is 0 Å². The molecule has 2 aromatic rings. The van der Waals surface area contributed by atoms with E-state index in [1.807, 2.05) is 17.0 Å². The van der Waals surface area contributed by atoms with Gasteiger partial charge in [-0.1, -0.05) is 23.2 Å². The number of carbonyl (C=O) groups is 2. The minimum Gasteiger partial charge on any atom is -0.497 e. The van der Waals surface area contributed by atoms with Crippen LogP contribution in [0.1, 0.15) is 46.8 Å². The van der Waals surface area contributed by atoms with Crippen molar-refractivity contribution < 1.29 is 19.1 Å². The Kier molecular flexibility index (Phi) is 5.46. The van der Waals surface area contributed by atoms with Crippen LogP contribution in [0.5, 0.6) is 11.5 Å². The third-order valence-electron chi connectivity index (χ3n) is 6.91. The quantitative estimate of drug-likeness (QED) is 0.656. The Morgan fingerprint density at radius 1 is 1.09 bits per heavy atom. The standard InChI is InChI=1S/C24H24Cl2N2O4/c1-31-15-10-13-8-9-27-22(21(13)20(12-15)32-2)18-4-3-5-19(24(27)30)28(18)23(29)16-7-6-14(25)11-17(16)26/h6-7,10-12,18-19,22H,3-5,8-9H2,1-2H3. The van der Waals surface area contributed by atoms with E-state index in [1.165, 1.54) is 0 Å².